The van der Waals surface area contributed by atoms with Gasteiger partial charge in [-0.15, -0.1) is 0 Å². The molecule has 0 aliphatic heterocycles. The molecule has 0 aliphatic rings. The van der Waals surface area contributed by atoms with E-state index >= 15 is 0 Å². The van der Waals surface area contributed by atoms with Crippen LogP contribution in [0.4, 0.5) is 13.2 Å². The SMILES string of the molecule is CC(COc1ccc(CC(=O)O)cc1)Oc1ccc(C(F)(F)F)cc1. The predicted octanol–water partition coefficient (Wildman–Crippen LogP) is 4.18. The zero-order valence-electron chi connectivity index (χ0n) is 13.4. The number of carboxylic acids is 1. The maximum absolute atomic E-state index is 12.5. The van der Waals surface area contributed by atoms with Crippen LogP contribution in [0.25, 0.3) is 0 Å². The molecule has 0 bridgehead atoms. The van der Waals surface area contributed by atoms with E-state index in [0.29, 0.717) is 17.1 Å². The Morgan fingerprint density at radius 3 is 2.12 bits per heavy atom. The van der Waals surface area contributed by atoms with Gasteiger partial charge in [0.1, 0.15) is 24.2 Å². The number of aliphatic carboxylic acids is 1. The van der Waals surface area contributed by atoms with Gasteiger partial charge in [-0.3, -0.25) is 4.79 Å². The van der Waals surface area contributed by atoms with Crippen molar-refractivity contribution in [1.82, 2.24) is 0 Å². The van der Waals surface area contributed by atoms with Crippen LogP contribution in [0.15, 0.2) is 48.5 Å². The molecule has 1 N–H and O–H groups in total. The summed E-state index contributed by atoms with van der Waals surface area (Å²) in [7, 11) is 0. The van der Waals surface area contributed by atoms with E-state index in [-0.39, 0.29) is 19.1 Å². The van der Waals surface area contributed by atoms with Crippen LogP contribution in [0, 0.1) is 0 Å². The fourth-order valence-electron chi connectivity index (χ4n) is 2.08. The van der Waals surface area contributed by atoms with Crippen molar-refractivity contribution >= 4 is 5.97 Å². The van der Waals surface area contributed by atoms with E-state index in [1.54, 1.807) is 31.2 Å². The molecule has 0 saturated heterocycles. The molecule has 0 radical (unpaired) electrons. The minimum atomic E-state index is -4.37. The molecule has 0 aromatic heterocycles. The van der Waals surface area contributed by atoms with Gasteiger partial charge in [-0.25, -0.2) is 0 Å². The quantitative estimate of drug-likeness (QED) is 0.810. The third-order valence-electron chi connectivity index (χ3n) is 3.28. The molecule has 1 unspecified atom stereocenters. The van der Waals surface area contributed by atoms with E-state index in [1.165, 1.54) is 12.1 Å². The van der Waals surface area contributed by atoms with E-state index in [4.69, 9.17) is 14.6 Å². The number of carbonyl (C=O) groups is 1. The summed E-state index contributed by atoms with van der Waals surface area (Å²) in [6, 6.07) is 11.1. The van der Waals surface area contributed by atoms with Gasteiger partial charge in [0.25, 0.3) is 0 Å². The fourth-order valence-corrected chi connectivity index (χ4v) is 2.08. The van der Waals surface area contributed by atoms with E-state index in [9.17, 15) is 18.0 Å². The van der Waals surface area contributed by atoms with Crippen LogP contribution in [0.3, 0.4) is 0 Å². The van der Waals surface area contributed by atoms with Gasteiger partial charge in [0.15, 0.2) is 0 Å². The van der Waals surface area contributed by atoms with Crippen LogP contribution in [0.2, 0.25) is 0 Å². The molecule has 25 heavy (non-hydrogen) atoms. The molecular weight excluding hydrogens is 337 g/mol. The lowest BCUT2D eigenvalue weighted by atomic mass is 10.1. The largest absolute Gasteiger partial charge is 0.490 e. The molecule has 7 heteroatoms. The Bertz CT molecular complexity index is 694. The topological polar surface area (TPSA) is 55.8 Å². The number of ether oxygens (including phenoxy) is 2. The van der Waals surface area contributed by atoms with E-state index in [0.717, 1.165) is 12.1 Å². The molecule has 0 heterocycles. The van der Waals surface area contributed by atoms with Gasteiger partial charge in [0.2, 0.25) is 0 Å². The van der Waals surface area contributed by atoms with Crippen molar-refractivity contribution in [2.75, 3.05) is 6.61 Å². The fraction of sp³-hybridized carbons (Fsp3) is 0.278. The van der Waals surface area contributed by atoms with Crippen molar-refractivity contribution in [2.45, 2.75) is 25.6 Å². The first-order valence-corrected chi connectivity index (χ1v) is 7.51. The van der Waals surface area contributed by atoms with Crippen molar-refractivity contribution in [3.05, 3.63) is 59.7 Å². The number of rotatable bonds is 7. The van der Waals surface area contributed by atoms with Crippen LogP contribution in [0.1, 0.15) is 18.1 Å². The lowest BCUT2D eigenvalue weighted by Gasteiger charge is -2.16. The first-order chi connectivity index (χ1) is 11.7. The maximum atomic E-state index is 12.5. The zero-order valence-corrected chi connectivity index (χ0v) is 13.4. The minimum Gasteiger partial charge on any atom is -0.490 e. The molecule has 0 spiro atoms. The monoisotopic (exact) mass is 354 g/mol. The molecule has 2 aromatic carbocycles. The number of hydrogen-bond acceptors (Lipinski definition) is 3. The molecule has 0 fully saturated rings. The van der Waals surface area contributed by atoms with Crippen molar-refractivity contribution in [2.24, 2.45) is 0 Å². The van der Waals surface area contributed by atoms with Crippen LogP contribution in [-0.4, -0.2) is 23.8 Å². The molecular formula is C18H17F3O4. The Kier molecular flexibility index (Phi) is 5.90. The van der Waals surface area contributed by atoms with E-state index in [2.05, 4.69) is 0 Å². The van der Waals surface area contributed by atoms with Crippen molar-refractivity contribution in [3.63, 3.8) is 0 Å². The van der Waals surface area contributed by atoms with Crippen molar-refractivity contribution in [1.29, 1.82) is 0 Å². The van der Waals surface area contributed by atoms with Gasteiger partial charge in [-0.1, -0.05) is 12.1 Å². The molecule has 0 amide bonds. The summed E-state index contributed by atoms with van der Waals surface area (Å²) >= 11 is 0. The second kappa shape index (κ2) is 7.92. The Hall–Kier alpha value is -2.70. The molecule has 4 nitrogen and oxygen atoms in total. The summed E-state index contributed by atoms with van der Waals surface area (Å²) in [4.78, 5) is 10.6. The zero-order chi connectivity index (χ0) is 18.4. The summed E-state index contributed by atoms with van der Waals surface area (Å²) in [5, 5.41) is 8.70. The smallest absolute Gasteiger partial charge is 0.416 e. The van der Waals surface area contributed by atoms with Crippen LogP contribution < -0.4 is 9.47 Å². The van der Waals surface area contributed by atoms with Crippen LogP contribution in [-0.2, 0) is 17.4 Å². The highest BCUT2D eigenvalue weighted by Gasteiger charge is 2.30. The standard InChI is InChI=1S/C18H17F3O4/c1-12(25-16-8-4-14(5-9-16)18(19,20)21)11-24-15-6-2-13(3-7-15)10-17(22)23/h2-9,12H,10-11H2,1H3,(H,22,23). The van der Waals surface area contributed by atoms with Gasteiger partial charge in [0, 0.05) is 0 Å². The van der Waals surface area contributed by atoms with Gasteiger partial charge in [-0.05, 0) is 48.9 Å². The predicted molar refractivity (Wildman–Crippen MR) is 84.8 cm³/mol. The first kappa shape index (κ1) is 18.6. The highest BCUT2D eigenvalue weighted by atomic mass is 19.4. The summed E-state index contributed by atoms with van der Waals surface area (Å²) in [5.74, 6) is -0.0369. The number of halogens is 3. The third kappa shape index (κ3) is 6.02. The molecule has 0 aliphatic carbocycles. The lowest BCUT2D eigenvalue weighted by molar-refractivity contribution is -0.138. The molecule has 2 rings (SSSR count). The normalized spacial score (nSPS) is 12.5. The van der Waals surface area contributed by atoms with Crippen molar-refractivity contribution < 1.29 is 32.5 Å². The van der Waals surface area contributed by atoms with Crippen LogP contribution >= 0.6 is 0 Å². The van der Waals surface area contributed by atoms with Gasteiger partial charge >= 0.3 is 12.1 Å². The highest BCUT2D eigenvalue weighted by Crippen LogP contribution is 2.30. The number of carboxylic acid groups (broad SMARTS) is 1. The first-order valence-electron chi connectivity index (χ1n) is 7.51. The lowest BCUT2D eigenvalue weighted by Crippen LogP contribution is -2.21. The van der Waals surface area contributed by atoms with Crippen LogP contribution in [0.5, 0.6) is 11.5 Å². The molecule has 2 aromatic rings. The highest BCUT2D eigenvalue weighted by molar-refractivity contribution is 5.70. The number of hydrogen-bond donors (Lipinski definition) is 1. The Balaban J connectivity index is 1.84. The summed E-state index contributed by atoms with van der Waals surface area (Å²) < 4.78 is 48.5. The van der Waals surface area contributed by atoms with Crippen molar-refractivity contribution in [3.8, 4) is 11.5 Å². The molecule has 0 saturated carbocycles. The Morgan fingerprint density at radius 2 is 1.60 bits per heavy atom. The average Bonchev–Trinajstić information content (AvgIpc) is 2.53. The second-order valence-electron chi connectivity index (χ2n) is 5.48. The molecule has 134 valence electrons. The molecule has 1 atom stereocenters. The van der Waals surface area contributed by atoms with Gasteiger partial charge < -0.3 is 14.6 Å². The Morgan fingerprint density at radius 1 is 1.04 bits per heavy atom. The average molecular weight is 354 g/mol. The minimum absolute atomic E-state index is 0.0618. The Labute approximate surface area is 142 Å². The third-order valence-corrected chi connectivity index (χ3v) is 3.28. The number of alkyl halides is 3. The maximum Gasteiger partial charge on any atom is 0.416 e. The second-order valence-corrected chi connectivity index (χ2v) is 5.48. The summed E-state index contributed by atoms with van der Waals surface area (Å²) in [6.45, 7) is 1.93. The van der Waals surface area contributed by atoms with Gasteiger partial charge in [-0.2, -0.15) is 13.2 Å². The van der Waals surface area contributed by atoms with E-state index < -0.39 is 17.7 Å². The summed E-state index contributed by atoms with van der Waals surface area (Å²) in [6.07, 6.45) is -4.82. The summed E-state index contributed by atoms with van der Waals surface area (Å²) in [5.41, 5.74) is -0.0703. The van der Waals surface area contributed by atoms with E-state index in [1.807, 2.05) is 0 Å². The number of benzene rings is 2. The van der Waals surface area contributed by atoms with Gasteiger partial charge in [0.05, 0.1) is 12.0 Å².